The van der Waals surface area contributed by atoms with Crippen LogP contribution in [-0.2, 0) is 16.3 Å². The first kappa shape index (κ1) is 27.9. The number of nitrogens with zero attached hydrogens (tertiary/aromatic N) is 6. The van der Waals surface area contributed by atoms with Crippen LogP contribution in [0.1, 0.15) is 25.2 Å². The van der Waals surface area contributed by atoms with Gasteiger partial charge in [0.25, 0.3) is 0 Å². The monoisotopic (exact) mass is 576 g/mol. The molecule has 2 aromatic carbocycles. The second-order valence-corrected chi connectivity index (χ2v) is 17.1. The predicted octanol–water partition coefficient (Wildman–Crippen LogP) is 7.06. The summed E-state index contributed by atoms with van der Waals surface area (Å²) in [5.74, 6) is 1.99. The minimum absolute atomic E-state index is 0.0441. The lowest BCUT2D eigenvalue weighted by atomic mass is 10.2. The lowest BCUT2D eigenvalue weighted by Gasteiger charge is -2.16. The first-order valence-electron chi connectivity index (χ1n) is 13.3. The van der Waals surface area contributed by atoms with E-state index in [-0.39, 0.29) is 6.04 Å². The Kier molecular flexibility index (Phi) is 8.02. The van der Waals surface area contributed by atoms with Crippen molar-refractivity contribution < 1.29 is 14.3 Å². The molecule has 0 aliphatic heterocycles. The number of aldehydes is 1. The maximum atomic E-state index is 10.9. The molecule has 0 aliphatic rings. The van der Waals surface area contributed by atoms with Crippen molar-refractivity contribution in [2.24, 2.45) is 0 Å². The highest BCUT2D eigenvalue weighted by Crippen LogP contribution is 2.36. The molecule has 0 amide bonds. The summed E-state index contributed by atoms with van der Waals surface area (Å²) in [6, 6.07) is 10.5. The van der Waals surface area contributed by atoms with Crippen LogP contribution in [0.3, 0.4) is 0 Å². The highest BCUT2D eigenvalue weighted by atomic mass is 35.5. The third kappa shape index (κ3) is 6.09. The van der Waals surface area contributed by atoms with Gasteiger partial charge in [-0.2, -0.15) is 5.10 Å². The van der Waals surface area contributed by atoms with Gasteiger partial charge in [0.2, 0.25) is 0 Å². The minimum Gasteiger partial charge on any atom is -0.456 e. The number of aromatic nitrogens is 6. The Labute approximate surface area is 239 Å². The molecule has 0 fully saturated rings. The van der Waals surface area contributed by atoms with Gasteiger partial charge in [-0.25, -0.2) is 9.97 Å². The summed E-state index contributed by atoms with van der Waals surface area (Å²) in [7, 11) is -1.16. The second kappa shape index (κ2) is 11.5. The number of halogens is 1. The number of ether oxygens (including phenoxy) is 2. The molecule has 0 aliphatic carbocycles. The Morgan fingerprint density at radius 3 is 2.67 bits per heavy atom. The maximum absolute atomic E-state index is 10.9. The fourth-order valence-electron chi connectivity index (χ4n) is 4.31. The quantitative estimate of drug-likeness (QED) is 0.0943. The summed E-state index contributed by atoms with van der Waals surface area (Å²) >= 11 is 6.80. The molecule has 0 saturated carbocycles. The zero-order chi connectivity index (χ0) is 28.4. The number of hydrogen-bond donors (Lipinski definition) is 0. The van der Waals surface area contributed by atoms with Crippen LogP contribution in [0.5, 0.6) is 11.5 Å². The lowest BCUT2D eigenvalue weighted by Crippen LogP contribution is -2.22. The van der Waals surface area contributed by atoms with E-state index in [0.29, 0.717) is 46.4 Å². The molecule has 5 aromatic rings. The van der Waals surface area contributed by atoms with Crippen LogP contribution in [-0.4, -0.2) is 50.3 Å². The minimum atomic E-state index is -1.16. The summed E-state index contributed by atoms with van der Waals surface area (Å²) in [6.45, 7) is 12.1. The Morgan fingerprint density at radius 1 is 1.10 bits per heavy atom. The molecule has 3 heterocycles. The molecule has 0 saturated heterocycles. The van der Waals surface area contributed by atoms with Crippen molar-refractivity contribution >= 4 is 48.0 Å². The molecule has 0 spiro atoms. The molecular formula is C29H33ClN6O3Si. The normalized spacial score (nSPS) is 12.8. The fraction of sp³-hybridized carbons (Fsp3) is 0.345. The summed E-state index contributed by atoms with van der Waals surface area (Å²) in [6.07, 6.45) is 6.52. The third-order valence-electron chi connectivity index (χ3n) is 6.76. The van der Waals surface area contributed by atoms with E-state index in [1.54, 1.807) is 23.1 Å². The Bertz CT molecular complexity index is 1680. The van der Waals surface area contributed by atoms with E-state index < -0.39 is 8.07 Å². The van der Waals surface area contributed by atoms with Gasteiger partial charge in [-0.1, -0.05) is 31.2 Å². The Balaban J connectivity index is 1.40. The van der Waals surface area contributed by atoms with Crippen molar-refractivity contribution in [1.29, 1.82) is 0 Å². The second-order valence-electron chi connectivity index (χ2n) is 11.1. The first-order valence-corrected chi connectivity index (χ1v) is 17.4. The van der Waals surface area contributed by atoms with Crippen LogP contribution in [0.2, 0.25) is 30.7 Å². The molecule has 1 unspecified atom stereocenters. The van der Waals surface area contributed by atoms with Crippen LogP contribution in [0.15, 0.2) is 48.9 Å². The number of aryl methyl sites for hydroxylation is 1. The van der Waals surface area contributed by atoms with Gasteiger partial charge in [-0.3, -0.25) is 9.67 Å². The molecule has 9 nitrogen and oxygen atoms in total. The number of imidazole rings is 1. The zero-order valence-electron chi connectivity index (χ0n) is 23.4. The Morgan fingerprint density at radius 2 is 1.90 bits per heavy atom. The van der Waals surface area contributed by atoms with Crippen molar-refractivity contribution in [3.05, 3.63) is 59.8 Å². The summed E-state index contributed by atoms with van der Waals surface area (Å²) in [5, 5.41) is 4.74. The molecule has 5 rings (SSSR count). The standard InChI is InChI=1S/C29H33ClN6O3Si/c1-19(10-11-37)36-17-21(15-32-36)25-16-31-24-8-9-27(28(30)29(24)34-25)39-22-6-7-23-26(14-22)35(20(2)33-23)18-38-12-13-40(3,4)5/h6-9,11,14-17,19H,10,12-13,18H2,1-5H3. The Hall–Kier alpha value is -3.60. The number of fused-ring (bicyclic) bond motifs is 2. The van der Waals surface area contributed by atoms with Gasteiger partial charge in [0.05, 0.1) is 40.7 Å². The summed E-state index contributed by atoms with van der Waals surface area (Å²) in [5.41, 5.74) is 4.41. The van der Waals surface area contributed by atoms with E-state index in [0.717, 1.165) is 41.4 Å². The van der Waals surface area contributed by atoms with Gasteiger partial charge in [-0.15, -0.1) is 0 Å². The van der Waals surface area contributed by atoms with Crippen LogP contribution < -0.4 is 4.74 Å². The third-order valence-corrected chi connectivity index (χ3v) is 8.83. The molecule has 40 heavy (non-hydrogen) atoms. The zero-order valence-corrected chi connectivity index (χ0v) is 25.1. The molecule has 0 bridgehead atoms. The van der Waals surface area contributed by atoms with E-state index >= 15 is 0 Å². The van der Waals surface area contributed by atoms with Crippen LogP contribution in [0.25, 0.3) is 33.3 Å². The van der Waals surface area contributed by atoms with E-state index in [4.69, 9.17) is 26.1 Å². The van der Waals surface area contributed by atoms with Crippen LogP contribution in [0, 0.1) is 6.92 Å². The number of carbonyl (C=O) groups excluding carboxylic acids is 1. The van der Waals surface area contributed by atoms with Crippen molar-refractivity contribution in [2.45, 2.75) is 58.7 Å². The van der Waals surface area contributed by atoms with Gasteiger partial charge >= 0.3 is 0 Å². The van der Waals surface area contributed by atoms with E-state index in [1.807, 2.05) is 44.3 Å². The summed E-state index contributed by atoms with van der Waals surface area (Å²) < 4.78 is 16.0. The molecule has 1 atom stereocenters. The number of benzene rings is 2. The van der Waals surface area contributed by atoms with Crippen molar-refractivity contribution in [2.75, 3.05) is 6.61 Å². The topological polar surface area (TPSA) is 97.0 Å². The van der Waals surface area contributed by atoms with Crippen LogP contribution >= 0.6 is 11.6 Å². The van der Waals surface area contributed by atoms with Gasteiger partial charge in [0, 0.05) is 38.9 Å². The molecule has 11 heteroatoms. The molecule has 208 valence electrons. The van der Waals surface area contributed by atoms with Gasteiger partial charge < -0.3 is 18.8 Å². The fourth-order valence-corrected chi connectivity index (χ4v) is 5.31. The van der Waals surface area contributed by atoms with E-state index in [1.165, 1.54) is 0 Å². The van der Waals surface area contributed by atoms with Crippen molar-refractivity contribution in [3.63, 3.8) is 0 Å². The highest BCUT2D eigenvalue weighted by Gasteiger charge is 2.16. The van der Waals surface area contributed by atoms with E-state index in [2.05, 4.69) is 39.3 Å². The predicted molar refractivity (Wildman–Crippen MR) is 160 cm³/mol. The largest absolute Gasteiger partial charge is 0.456 e. The average Bonchev–Trinajstić information content (AvgIpc) is 3.52. The summed E-state index contributed by atoms with van der Waals surface area (Å²) in [4.78, 5) is 24.9. The van der Waals surface area contributed by atoms with E-state index in [9.17, 15) is 4.79 Å². The van der Waals surface area contributed by atoms with Crippen LogP contribution in [0.4, 0.5) is 0 Å². The average molecular weight is 577 g/mol. The molecular weight excluding hydrogens is 544 g/mol. The maximum Gasteiger partial charge on any atom is 0.148 e. The lowest BCUT2D eigenvalue weighted by molar-refractivity contribution is -0.108. The van der Waals surface area contributed by atoms with Crippen molar-refractivity contribution in [3.8, 4) is 22.8 Å². The number of carbonyl (C=O) groups is 1. The van der Waals surface area contributed by atoms with Gasteiger partial charge in [-0.05, 0) is 44.2 Å². The highest BCUT2D eigenvalue weighted by molar-refractivity contribution is 6.76. The van der Waals surface area contributed by atoms with Gasteiger partial charge in [0.15, 0.2) is 0 Å². The number of rotatable bonds is 11. The molecule has 0 radical (unpaired) electrons. The SMILES string of the molecule is Cc1nc2ccc(Oc3ccc4ncc(-c5cnn(C(C)CC=O)c5)nc4c3Cl)cc2n1COCC[Si](C)(C)C. The molecule has 0 N–H and O–H groups in total. The smallest absolute Gasteiger partial charge is 0.148 e. The van der Waals surface area contributed by atoms with Crippen molar-refractivity contribution in [1.82, 2.24) is 29.3 Å². The number of hydrogen-bond acceptors (Lipinski definition) is 7. The first-order chi connectivity index (χ1) is 19.1. The van der Waals surface area contributed by atoms with Gasteiger partial charge in [0.1, 0.15) is 40.9 Å². The molecule has 3 aromatic heterocycles.